The predicted molar refractivity (Wildman–Crippen MR) is 177 cm³/mol. The monoisotopic (exact) mass is 733 g/mol. The lowest BCUT2D eigenvalue weighted by molar-refractivity contribution is -0.141. The van der Waals surface area contributed by atoms with E-state index in [1.165, 1.54) is 11.0 Å². The van der Waals surface area contributed by atoms with Crippen LogP contribution in [-0.2, 0) is 47.0 Å². The summed E-state index contributed by atoms with van der Waals surface area (Å²) in [6, 6.07) is 2.50. The number of carbonyl (C=O) groups excluding carboxylic acids is 5. The Kier molecular flexibility index (Phi) is 10.4. The van der Waals surface area contributed by atoms with E-state index in [1.807, 2.05) is 35.1 Å². The summed E-state index contributed by atoms with van der Waals surface area (Å²) in [5.41, 5.74) is 1.13. The van der Waals surface area contributed by atoms with Gasteiger partial charge in [0, 0.05) is 25.3 Å². The van der Waals surface area contributed by atoms with Crippen LogP contribution in [0.25, 0.3) is 6.08 Å². The zero-order valence-electron chi connectivity index (χ0n) is 27.9. The Morgan fingerprint density at radius 3 is 2.65 bits per heavy atom. The van der Waals surface area contributed by atoms with E-state index < -0.39 is 87.7 Å². The van der Waals surface area contributed by atoms with E-state index >= 15 is 0 Å². The molecule has 0 spiro atoms. The van der Waals surface area contributed by atoms with Crippen molar-refractivity contribution in [3.05, 3.63) is 53.6 Å². The summed E-state index contributed by atoms with van der Waals surface area (Å²) in [6.07, 6.45) is 0.695. The van der Waals surface area contributed by atoms with Crippen molar-refractivity contribution in [2.24, 2.45) is 5.92 Å². The number of benzene rings is 1. The molecule has 2 aliphatic carbocycles. The van der Waals surface area contributed by atoms with Crippen LogP contribution in [0.3, 0.4) is 0 Å². The summed E-state index contributed by atoms with van der Waals surface area (Å²) in [7, 11) is -3.97. The van der Waals surface area contributed by atoms with Crippen LogP contribution in [0.5, 0.6) is 0 Å². The number of fused-ring (bicyclic) bond motifs is 3. The highest BCUT2D eigenvalue weighted by Crippen LogP contribution is 2.45. The van der Waals surface area contributed by atoms with Crippen LogP contribution in [0.15, 0.2) is 36.9 Å². The molecule has 1 aromatic carbocycles. The summed E-state index contributed by atoms with van der Waals surface area (Å²) in [5, 5.41) is 4.08. The van der Waals surface area contributed by atoms with Crippen molar-refractivity contribution in [2.45, 2.75) is 99.9 Å². The van der Waals surface area contributed by atoms with Gasteiger partial charge in [0.2, 0.25) is 28.3 Å². The number of hydrogen-bond donors (Lipinski definition) is 3. The Morgan fingerprint density at radius 1 is 1.16 bits per heavy atom. The molecule has 3 N–H and O–H groups in total. The number of allylic oxidation sites excluding steroid dienone is 1. The van der Waals surface area contributed by atoms with E-state index in [2.05, 4.69) is 17.2 Å². The maximum Gasteiger partial charge on any atom is 0.410 e. The number of amides is 5. The summed E-state index contributed by atoms with van der Waals surface area (Å²) in [6.45, 7) is 3.79. The zero-order valence-corrected chi connectivity index (χ0v) is 28.7. The van der Waals surface area contributed by atoms with Crippen molar-refractivity contribution in [1.82, 2.24) is 25.2 Å². The molecule has 2 saturated carbocycles. The largest absolute Gasteiger partial charge is 0.450 e. The van der Waals surface area contributed by atoms with Crippen LogP contribution >= 0.6 is 0 Å². The molecule has 51 heavy (non-hydrogen) atoms. The van der Waals surface area contributed by atoms with Crippen molar-refractivity contribution in [3.63, 3.8) is 0 Å². The van der Waals surface area contributed by atoms with Crippen LogP contribution < -0.4 is 15.4 Å². The van der Waals surface area contributed by atoms with Crippen LogP contribution in [-0.4, -0.2) is 96.7 Å². The molecule has 1 aromatic rings. The molecule has 17 heteroatoms. The van der Waals surface area contributed by atoms with E-state index in [-0.39, 0.29) is 39.1 Å². The van der Waals surface area contributed by atoms with Gasteiger partial charge >= 0.3 is 12.2 Å². The Labute approximate surface area is 294 Å². The van der Waals surface area contributed by atoms with Crippen LogP contribution in [0.2, 0.25) is 0 Å². The van der Waals surface area contributed by atoms with Gasteiger partial charge in [0.25, 0.3) is 5.91 Å². The molecule has 4 bridgehead atoms. The first-order valence-corrected chi connectivity index (χ1v) is 18.6. The number of nitrogens with one attached hydrogen (secondary N) is 3. The van der Waals surface area contributed by atoms with Gasteiger partial charge in [-0.05, 0) is 55.2 Å². The minimum atomic E-state index is -3.97. The lowest BCUT2D eigenvalue weighted by Gasteiger charge is -2.29. The number of alkyl halides is 2. The molecule has 6 rings (SSSR count). The van der Waals surface area contributed by atoms with E-state index in [0.29, 0.717) is 32.1 Å². The highest BCUT2D eigenvalue weighted by atomic mass is 32.2. The number of rotatable bonds is 8. The molecule has 3 heterocycles. The number of alkyl carbamates (subject to hydrolysis) is 1. The normalized spacial score (nSPS) is 29.0. The number of nitrogens with zero attached hydrogens (tertiary/aromatic N) is 2. The maximum atomic E-state index is 14.0. The van der Waals surface area contributed by atoms with Gasteiger partial charge in [0.05, 0.1) is 24.9 Å². The number of ether oxygens (including phenoxy) is 2. The Morgan fingerprint density at radius 2 is 1.94 bits per heavy atom. The molecule has 0 aromatic heterocycles. The minimum Gasteiger partial charge on any atom is -0.450 e. The van der Waals surface area contributed by atoms with E-state index in [4.69, 9.17) is 9.47 Å². The quantitative estimate of drug-likeness (QED) is 0.339. The summed E-state index contributed by atoms with van der Waals surface area (Å²) in [5.74, 6) is -3.54. The van der Waals surface area contributed by atoms with Crippen LogP contribution in [0, 0.1) is 5.92 Å². The average Bonchev–Trinajstić information content (AvgIpc) is 3.97. The second-order valence-corrected chi connectivity index (χ2v) is 15.6. The van der Waals surface area contributed by atoms with Crippen molar-refractivity contribution in [1.29, 1.82) is 0 Å². The van der Waals surface area contributed by atoms with Gasteiger partial charge in [-0.25, -0.2) is 26.8 Å². The smallest absolute Gasteiger partial charge is 0.410 e. The number of sulfonamides is 1. The summed E-state index contributed by atoms with van der Waals surface area (Å²) in [4.78, 5) is 69.7. The van der Waals surface area contributed by atoms with E-state index in [9.17, 15) is 41.2 Å². The van der Waals surface area contributed by atoms with Crippen LogP contribution in [0.4, 0.5) is 18.4 Å². The summed E-state index contributed by atoms with van der Waals surface area (Å²) >= 11 is 0. The number of carbonyl (C=O) groups is 5. The highest BCUT2D eigenvalue weighted by Gasteiger charge is 2.62. The molecule has 3 aliphatic heterocycles. The molecule has 5 amide bonds. The van der Waals surface area contributed by atoms with Crippen molar-refractivity contribution < 1.29 is 50.6 Å². The average molecular weight is 734 g/mol. The molecular formula is C34H41F2N5O9S. The SMILES string of the molecule is C=C[C@@H]1C[C@]1(NC(=O)[C@@H]1C[C@@H]2CN1C(=O)[C@H](CC(F)F)NC(=O)OCCCC/C=C/c1cccc3c1CN(C3)C(=O)O2)C(=O)NS(=O)(=O)C1CC1. The molecule has 5 atom stereocenters. The Hall–Kier alpha value is -4.54. The third kappa shape index (κ3) is 8.02. The third-order valence-electron chi connectivity index (χ3n) is 9.94. The number of hydrogen-bond acceptors (Lipinski definition) is 9. The molecule has 1 saturated heterocycles. The zero-order chi connectivity index (χ0) is 36.5. The minimum absolute atomic E-state index is 0.0250. The van der Waals surface area contributed by atoms with E-state index in [1.54, 1.807) is 0 Å². The van der Waals surface area contributed by atoms with Crippen molar-refractivity contribution in [2.75, 3.05) is 13.2 Å². The highest BCUT2D eigenvalue weighted by molar-refractivity contribution is 7.91. The van der Waals surface area contributed by atoms with E-state index in [0.717, 1.165) is 21.6 Å². The predicted octanol–water partition coefficient (Wildman–Crippen LogP) is 2.72. The molecular weight excluding hydrogens is 692 g/mol. The molecule has 14 nitrogen and oxygen atoms in total. The lowest BCUT2D eigenvalue weighted by Crippen LogP contribution is -2.58. The van der Waals surface area contributed by atoms with Crippen molar-refractivity contribution in [3.8, 4) is 0 Å². The second-order valence-electron chi connectivity index (χ2n) is 13.6. The molecule has 5 aliphatic rings. The fourth-order valence-corrected chi connectivity index (χ4v) is 8.23. The van der Waals surface area contributed by atoms with Gasteiger partial charge in [-0.15, -0.1) is 6.58 Å². The first-order chi connectivity index (χ1) is 24.3. The van der Waals surface area contributed by atoms with Gasteiger partial charge in [0.15, 0.2) is 0 Å². The first-order valence-electron chi connectivity index (χ1n) is 17.1. The first kappa shape index (κ1) is 36.3. The van der Waals surface area contributed by atoms with Crippen LogP contribution in [0.1, 0.15) is 68.1 Å². The Balaban J connectivity index is 1.26. The van der Waals surface area contributed by atoms with Gasteiger partial charge in [0.1, 0.15) is 23.7 Å². The maximum absolute atomic E-state index is 14.0. The number of cyclic esters (lactones) is 1. The fourth-order valence-electron chi connectivity index (χ4n) is 6.87. The van der Waals surface area contributed by atoms with Gasteiger partial charge in [-0.3, -0.25) is 24.0 Å². The molecule has 0 radical (unpaired) electrons. The van der Waals surface area contributed by atoms with Gasteiger partial charge in [-0.1, -0.05) is 36.4 Å². The Bertz CT molecular complexity index is 1740. The fraction of sp³-hybridized carbons (Fsp3) is 0.559. The molecule has 276 valence electrons. The van der Waals surface area contributed by atoms with Crippen molar-refractivity contribution >= 4 is 46.0 Å². The summed E-state index contributed by atoms with van der Waals surface area (Å²) < 4.78 is 65.6. The molecule has 3 fully saturated rings. The lowest BCUT2D eigenvalue weighted by atomic mass is 10.0. The topological polar surface area (TPSA) is 181 Å². The van der Waals surface area contributed by atoms with Gasteiger partial charge < -0.3 is 25.0 Å². The third-order valence-corrected chi connectivity index (χ3v) is 11.8. The number of halogens is 2. The second kappa shape index (κ2) is 14.6. The standard InChI is InChI=1S/C34H41F2N5O9S/c1-2-22-16-34(22,31(44)39-51(47,48)24-11-12-24)38-29(42)27-14-23-18-41(27)30(43)26(15-28(35)36)37-32(45)49-13-6-4-3-5-8-20-9-7-10-21-17-40(19-25(20)21)33(46)50-23/h2,5,7-10,22-24,26-28H,1,3-4,6,11-19H2,(H,37,45)(H,38,42)(H,39,44)/b8-5+/t22-,23-,26+,27+,34-/m1/s1. The van der Waals surface area contributed by atoms with Gasteiger partial charge in [-0.2, -0.15) is 0 Å². The molecule has 0 unspecified atom stereocenters.